The van der Waals surface area contributed by atoms with Gasteiger partial charge in [-0.25, -0.2) is 4.39 Å². The molecule has 19 heavy (non-hydrogen) atoms. The third-order valence-electron chi connectivity index (χ3n) is 2.25. The van der Waals surface area contributed by atoms with Crippen molar-refractivity contribution in [1.82, 2.24) is 4.98 Å². The van der Waals surface area contributed by atoms with Gasteiger partial charge in [-0.2, -0.15) is 0 Å². The molecular weight excluding hydrogens is 273 g/mol. The average molecular weight is 282 g/mol. The molecule has 7 heteroatoms. The number of aromatic nitrogens is 1. The summed E-state index contributed by atoms with van der Waals surface area (Å²) in [4.78, 5) is 3.84. The number of benzene rings is 1. The number of hydrogen-bond acceptors (Lipinski definition) is 4. The quantitative estimate of drug-likeness (QED) is 0.392. The summed E-state index contributed by atoms with van der Waals surface area (Å²) < 4.78 is 19.1. The molecule has 0 aliphatic carbocycles. The monoisotopic (exact) mass is 281 g/mol. The van der Waals surface area contributed by atoms with Crippen molar-refractivity contribution < 1.29 is 14.3 Å². The van der Waals surface area contributed by atoms with Gasteiger partial charge in [0.2, 0.25) is 0 Å². The fourth-order valence-corrected chi connectivity index (χ4v) is 1.63. The van der Waals surface area contributed by atoms with Crippen LogP contribution in [0.2, 0.25) is 5.02 Å². The molecule has 1 heterocycles. The van der Waals surface area contributed by atoms with Crippen molar-refractivity contribution in [3.8, 4) is 11.5 Å². The number of nitrogens with two attached hydrogens (primary N) is 1. The fraction of sp³-hybridized carbons (Fsp3) is 0. The lowest BCUT2D eigenvalue weighted by atomic mass is 10.1. The Morgan fingerprint density at radius 1 is 1.42 bits per heavy atom. The molecule has 3 N–H and O–H groups in total. The minimum Gasteiger partial charge on any atom is -0.455 e. The molecule has 2 aromatic rings. The van der Waals surface area contributed by atoms with Gasteiger partial charge >= 0.3 is 0 Å². The molecule has 1 aromatic heterocycles. The minimum absolute atomic E-state index is 0.0966. The molecule has 0 bridgehead atoms. The van der Waals surface area contributed by atoms with Crippen LogP contribution in [0.1, 0.15) is 5.56 Å². The Morgan fingerprint density at radius 2 is 2.21 bits per heavy atom. The second-order valence-corrected chi connectivity index (χ2v) is 3.98. The normalized spacial score (nSPS) is 11.4. The molecule has 1 aromatic carbocycles. The van der Waals surface area contributed by atoms with Crippen LogP contribution in [0.3, 0.4) is 0 Å². The lowest BCUT2D eigenvalue weighted by molar-refractivity contribution is 0.318. The SMILES string of the molecule is NC(=NO)c1c(F)cccc1Oc1cncc(Cl)c1. The Morgan fingerprint density at radius 3 is 2.89 bits per heavy atom. The topological polar surface area (TPSA) is 80.7 Å². The zero-order valence-electron chi connectivity index (χ0n) is 9.55. The van der Waals surface area contributed by atoms with E-state index < -0.39 is 5.82 Å². The van der Waals surface area contributed by atoms with Crippen molar-refractivity contribution in [3.05, 3.63) is 53.1 Å². The predicted molar refractivity (Wildman–Crippen MR) is 68.2 cm³/mol. The van der Waals surface area contributed by atoms with Crippen LogP contribution < -0.4 is 10.5 Å². The van der Waals surface area contributed by atoms with E-state index in [1.165, 1.54) is 36.7 Å². The molecule has 0 radical (unpaired) electrons. The number of ether oxygens (including phenoxy) is 1. The van der Waals surface area contributed by atoms with Crippen LogP contribution in [0.25, 0.3) is 0 Å². The Kier molecular flexibility index (Phi) is 3.82. The third kappa shape index (κ3) is 2.92. The molecule has 0 fully saturated rings. The van der Waals surface area contributed by atoms with Crippen LogP contribution in [0.15, 0.2) is 41.8 Å². The number of amidine groups is 1. The van der Waals surface area contributed by atoms with Crippen molar-refractivity contribution >= 4 is 17.4 Å². The maximum atomic E-state index is 13.7. The second-order valence-electron chi connectivity index (χ2n) is 3.54. The first kappa shape index (κ1) is 13.1. The van der Waals surface area contributed by atoms with E-state index in [1.54, 1.807) is 0 Å². The molecule has 0 aliphatic rings. The molecular formula is C12H9ClFN3O2. The highest BCUT2D eigenvalue weighted by atomic mass is 35.5. The highest BCUT2D eigenvalue weighted by Gasteiger charge is 2.15. The number of halogens is 2. The molecule has 98 valence electrons. The maximum absolute atomic E-state index is 13.7. The zero-order chi connectivity index (χ0) is 13.8. The Bertz CT molecular complexity index is 634. The number of hydrogen-bond donors (Lipinski definition) is 2. The minimum atomic E-state index is -0.664. The van der Waals surface area contributed by atoms with E-state index in [0.29, 0.717) is 10.8 Å². The summed E-state index contributed by atoms with van der Waals surface area (Å²) in [5.74, 6) is -0.643. The van der Waals surface area contributed by atoms with Crippen molar-refractivity contribution in [2.24, 2.45) is 10.9 Å². The van der Waals surface area contributed by atoms with E-state index in [-0.39, 0.29) is 17.1 Å². The summed E-state index contributed by atoms with van der Waals surface area (Å²) in [5.41, 5.74) is 5.28. The van der Waals surface area contributed by atoms with E-state index in [0.717, 1.165) is 0 Å². The van der Waals surface area contributed by atoms with E-state index in [9.17, 15) is 4.39 Å². The van der Waals surface area contributed by atoms with Gasteiger partial charge in [0.15, 0.2) is 5.84 Å². The molecule has 0 aliphatic heterocycles. The highest BCUT2D eigenvalue weighted by molar-refractivity contribution is 6.30. The number of nitrogens with zero attached hydrogens (tertiary/aromatic N) is 2. The summed E-state index contributed by atoms with van der Waals surface area (Å²) in [6.07, 6.45) is 2.84. The maximum Gasteiger partial charge on any atom is 0.176 e. The van der Waals surface area contributed by atoms with Gasteiger partial charge in [0.1, 0.15) is 17.3 Å². The van der Waals surface area contributed by atoms with Gasteiger partial charge in [0, 0.05) is 12.3 Å². The van der Waals surface area contributed by atoms with Crippen molar-refractivity contribution in [2.45, 2.75) is 0 Å². The van der Waals surface area contributed by atoms with Gasteiger partial charge in [-0.05, 0) is 12.1 Å². The Hall–Kier alpha value is -2.34. The predicted octanol–water partition coefficient (Wildman–Crippen LogP) is 2.76. The number of pyridine rings is 1. The van der Waals surface area contributed by atoms with Crippen LogP contribution >= 0.6 is 11.6 Å². The number of rotatable bonds is 3. The summed E-state index contributed by atoms with van der Waals surface area (Å²) >= 11 is 5.77. The first-order valence-electron chi connectivity index (χ1n) is 5.16. The van der Waals surface area contributed by atoms with Crippen LogP contribution in [-0.4, -0.2) is 16.0 Å². The summed E-state index contributed by atoms with van der Waals surface area (Å²) in [6, 6.07) is 5.61. The molecule has 0 spiro atoms. The van der Waals surface area contributed by atoms with Crippen LogP contribution in [-0.2, 0) is 0 Å². The number of oxime groups is 1. The highest BCUT2D eigenvalue weighted by Crippen LogP contribution is 2.27. The molecule has 0 amide bonds. The molecule has 0 atom stereocenters. The zero-order valence-corrected chi connectivity index (χ0v) is 10.3. The summed E-state index contributed by atoms with van der Waals surface area (Å²) in [6.45, 7) is 0. The van der Waals surface area contributed by atoms with E-state index in [1.807, 2.05) is 0 Å². The third-order valence-corrected chi connectivity index (χ3v) is 2.45. The molecule has 5 nitrogen and oxygen atoms in total. The van der Waals surface area contributed by atoms with Gasteiger partial charge in [0.25, 0.3) is 0 Å². The van der Waals surface area contributed by atoms with E-state index in [4.69, 9.17) is 27.3 Å². The van der Waals surface area contributed by atoms with Gasteiger partial charge in [-0.15, -0.1) is 0 Å². The first-order valence-corrected chi connectivity index (χ1v) is 5.54. The van der Waals surface area contributed by atoms with E-state index in [2.05, 4.69) is 10.1 Å². The van der Waals surface area contributed by atoms with Crippen LogP contribution in [0, 0.1) is 5.82 Å². The van der Waals surface area contributed by atoms with Gasteiger partial charge < -0.3 is 15.7 Å². The van der Waals surface area contributed by atoms with Crippen LogP contribution in [0.4, 0.5) is 4.39 Å². The van der Waals surface area contributed by atoms with Gasteiger partial charge in [0.05, 0.1) is 16.8 Å². The second kappa shape index (κ2) is 5.53. The standard InChI is InChI=1S/C12H9ClFN3O2/c13-7-4-8(6-16-5-7)19-10-3-1-2-9(14)11(10)12(15)17-18/h1-6,18H,(H2,15,17). The van der Waals surface area contributed by atoms with Crippen LogP contribution in [0.5, 0.6) is 11.5 Å². The fourth-order valence-electron chi connectivity index (χ4n) is 1.46. The van der Waals surface area contributed by atoms with Crippen molar-refractivity contribution in [3.63, 3.8) is 0 Å². The lowest BCUT2D eigenvalue weighted by Crippen LogP contribution is -2.16. The summed E-state index contributed by atoms with van der Waals surface area (Å²) in [5, 5.41) is 11.8. The van der Waals surface area contributed by atoms with Gasteiger partial charge in [-0.3, -0.25) is 4.98 Å². The largest absolute Gasteiger partial charge is 0.455 e. The van der Waals surface area contributed by atoms with Gasteiger partial charge in [-0.1, -0.05) is 22.8 Å². The molecule has 0 saturated carbocycles. The molecule has 0 saturated heterocycles. The average Bonchev–Trinajstić information content (AvgIpc) is 2.38. The van der Waals surface area contributed by atoms with E-state index >= 15 is 0 Å². The lowest BCUT2D eigenvalue weighted by Gasteiger charge is -2.10. The van der Waals surface area contributed by atoms with Crippen molar-refractivity contribution in [1.29, 1.82) is 0 Å². The first-order chi connectivity index (χ1) is 9.11. The molecule has 0 unspecified atom stereocenters. The Labute approximate surface area is 113 Å². The summed E-state index contributed by atoms with van der Waals surface area (Å²) in [7, 11) is 0. The molecule has 2 rings (SSSR count). The smallest absolute Gasteiger partial charge is 0.176 e. The van der Waals surface area contributed by atoms with Crippen molar-refractivity contribution in [2.75, 3.05) is 0 Å². The Balaban J connectivity index is 2.43.